The van der Waals surface area contributed by atoms with Crippen molar-refractivity contribution in [1.82, 2.24) is 5.32 Å². The molecule has 2 N–H and O–H groups in total. The summed E-state index contributed by atoms with van der Waals surface area (Å²) in [5, 5.41) is 11.4. The summed E-state index contributed by atoms with van der Waals surface area (Å²) < 4.78 is 0. The lowest BCUT2D eigenvalue weighted by atomic mass is 9.87. The van der Waals surface area contributed by atoms with Gasteiger partial charge in [-0.3, -0.25) is 9.59 Å². The second-order valence-electron chi connectivity index (χ2n) is 5.11. The number of carboxylic acids is 1. The molecule has 0 bridgehead atoms. The van der Waals surface area contributed by atoms with Crippen LogP contribution in [0.5, 0.6) is 0 Å². The molecular weight excluding hydrogens is 218 g/mol. The van der Waals surface area contributed by atoms with Gasteiger partial charge in [0.15, 0.2) is 0 Å². The summed E-state index contributed by atoms with van der Waals surface area (Å²) in [5.41, 5.74) is 0. The molecule has 1 amide bonds. The number of amides is 1. The minimum absolute atomic E-state index is 0.0396. The summed E-state index contributed by atoms with van der Waals surface area (Å²) >= 11 is 0. The highest BCUT2D eigenvalue weighted by atomic mass is 16.4. The Morgan fingerprint density at radius 3 is 2.53 bits per heavy atom. The van der Waals surface area contributed by atoms with E-state index in [0.717, 1.165) is 12.8 Å². The van der Waals surface area contributed by atoms with Gasteiger partial charge >= 0.3 is 5.97 Å². The molecule has 0 radical (unpaired) electrons. The van der Waals surface area contributed by atoms with Crippen molar-refractivity contribution >= 4 is 11.9 Å². The summed E-state index contributed by atoms with van der Waals surface area (Å²) in [5.74, 6) is -0.191. The normalized spacial score (nSPS) is 18.6. The van der Waals surface area contributed by atoms with E-state index in [0.29, 0.717) is 18.8 Å². The van der Waals surface area contributed by atoms with E-state index in [1.807, 2.05) is 6.92 Å². The minimum Gasteiger partial charge on any atom is -0.481 e. The lowest BCUT2D eigenvalue weighted by molar-refractivity contribution is -0.137. The maximum atomic E-state index is 11.7. The van der Waals surface area contributed by atoms with Crippen molar-refractivity contribution in [1.29, 1.82) is 0 Å². The van der Waals surface area contributed by atoms with Crippen molar-refractivity contribution in [3.8, 4) is 0 Å². The predicted molar refractivity (Wildman–Crippen MR) is 65.7 cm³/mol. The highest BCUT2D eigenvalue weighted by Crippen LogP contribution is 2.26. The molecule has 0 spiro atoms. The third-order valence-electron chi connectivity index (χ3n) is 3.40. The molecule has 1 aliphatic rings. The van der Waals surface area contributed by atoms with Crippen molar-refractivity contribution in [2.45, 2.75) is 64.3 Å². The zero-order chi connectivity index (χ0) is 12.7. The average molecular weight is 241 g/mol. The zero-order valence-corrected chi connectivity index (χ0v) is 10.6. The molecule has 0 aromatic heterocycles. The number of hydrogen-bond acceptors (Lipinski definition) is 2. The zero-order valence-electron chi connectivity index (χ0n) is 10.6. The van der Waals surface area contributed by atoms with Crippen LogP contribution in [0.15, 0.2) is 0 Å². The fourth-order valence-electron chi connectivity index (χ4n) is 2.40. The quantitative estimate of drug-likeness (QED) is 0.750. The SMILES string of the molecule is CC(CCC(=O)O)NC(=O)CC1CCCCC1. The van der Waals surface area contributed by atoms with E-state index in [1.54, 1.807) is 0 Å². The first-order chi connectivity index (χ1) is 8.08. The molecule has 1 saturated carbocycles. The predicted octanol–water partition coefficient (Wildman–Crippen LogP) is 2.33. The Morgan fingerprint density at radius 2 is 1.94 bits per heavy atom. The van der Waals surface area contributed by atoms with Crippen molar-refractivity contribution in [2.24, 2.45) is 5.92 Å². The molecule has 1 rings (SSSR count). The van der Waals surface area contributed by atoms with Gasteiger partial charge in [0.05, 0.1) is 0 Å². The smallest absolute Gasteiger partial charge is 0.303 e. The van der Waals surface area contributed by atoms with E-state index in [-0.39, 0.29) is 18.4 Å². The molecule has 0 aromatic rings. The van der Waals surface area contributed by atoms with Gasteiger partial charge in [-0.05, 0) is 32.1 Å². The fraction of sp³-hybridized carbons (Fsp3) is 0.846. The van der Waals surface area contributed by atoms with Gasteiger partial charge in [-0.15, -0.1) is 0 Å². The first-order valence-electron chi connectivity index (χ1n) is 6.59. The summed E-state index contributed by atoms with van der Waals surface area (Å²) in [6.45, 7) is 1.86. The van der Waals surface area contributed by atoms with Gasteiger partial charge in [-0.2, -0.15) is 0 Å². The third kappa shape index (κ3) is 6.29. The van der Waals surface area contributed by atoms with E-state index in [9.17, 15) is 9.59 Å². The Hall–Kier alpha value is -1.06. The van der Waals surface area contributed by atoms with Crippen LogP contribution in [0, 0.1) is 5.92 Å². The van der Waals surface area contributed by atoms with E-state index >= 15 is 0 Å². The number of hydrogen-bond donors (Lipinski definition) is 2. The maximum absolute atomic E-state index is 11.7. The van der Waals surface area contributed by atoms with E-state index in [1.165, 1.54) is 19.3 Å². The largest absolute Gasteiger partial charge is 0.481 e. The van der Waals surface area contributed by atoms with Crippen LogP contribution in [0.1, 0.15) is 58.3 Å². The summed E-state index contributed by atoms with van der Waals surface area (Å²) in [7, 11) is 0. The van der Waals surface area contributed by atoms with Gasteiger partial charge in [-0.25, -0.2) is 0 Å². The number of carbonyl (C=O) groups excluding carboxylic acids is 1. The molecule has 4 nitrogen and oxygen atoms in total. The van der Waals surface area contributed by atoms with E-state index in [4.69, 9.17) is 5.11 Å². The molecule has 1 atom stereocenters. The van der Waals surface area contributed by atoms with Crippen LogP contribution in [0.2, 0.25) is 0 Å². The number of carbonyl (C=O) groups is 2. The molecule has 98 valence electrons. The Kier molecular flexibility index (Phi) is 6.01. The lowest BCUT2D eigenvalue weighted by Crippen LogP contribution is -2.34. The lowest BCUT2D eigenvalue weighted by Gasteiger charge is -2.22. The van der Waals surface area contributed by atoms with Gasteiger partial charge in [0.2, 0.25) is 5.91 Å². The summed E-state index contributed by atoms with van der Waals surface area (Å²) in [4.78, 5) is 22.1. The Morgan fingerprint density at radius 1 is 1.29 bits per heavy atom. The molecule has 1 unspecified atom stereocenters. The number of nitrogens with one attached hydrogen (secondary N) is 1. The highest BCUT2D eigenvalue weighted by molar-refractivity contribution is 5.76. The number of carboxylic acid groups (broad SMARTS) is 1. The van der Waals surface area contributed by atoms with Crippen molar-refractivity contribution in [3.05, 3.63) is 0 Å². The highest BCUT2D eigenvalue weighted by Gasteiger charge is 2.18. The van der Waals surface area contributed by atoms with Crippen LogP contribution < -0.4 is 5.32 Å². The van der Waals surface area contributed by atoms with Crippen LogP contribution in [-0.4, -0.2) is 23.0 Å². The molecule has 0 aromatic carbocycles. The van der Waals surface area contributed by atoms with Gasteiger partial charge in [0.25, 0.3) is 0 Å². The molecule has 1 fully saturated rings. The Bertz CT molecular complexity index is 259. The molecule has 0 aliphatic heterocycles. The topological polar surface area (TPSA) is 66.4 Å². The second kappa shape index (κ2) is 7.30. The van der Waals surface area contributed by atoms with Crippen molar-refractivity contribution in [3.63, 3.8) is 0 Å². The standard InChI is InChI=1S/C13H23NO3/c1-10(7-8-13(16)17)14-12(15)9-11-5-3-2-4-6-11/h10-11H,2-9H2,1H3,(H,14,15)(H,16,17). The van der Waals surface area contributed by atoms with Gasteiger partial charge in [0, 0.05) is 18.9 Å². The van der Waals surface area contributed by atoms with E-state index in [2.05, 4.69) is 5.32 Å². The second-order valence-corrected chi connectivity index (χ2v) is 5.11. The van der Waals surface area contributed by atoms with Crippen molar-refractivity contribution in [2.75, 3.05) is 0 Å². The molecular formula is C13H23NO3. The molecule has 0 heterocycles. The minimum atomic E-state index is -0.807. The van der Waals surface area contributed by atoms with Gasteiger partial charge in [0.1, 0.15) is 0 Å². The van der Waals surface area contributed by atoms with Crippen LogP contribution in [0.25, 0.3) is 0 Å². The monoisotopic (exact) mass is 241 g/mol. The Labute approximate surface area is 103 Å². The van der Waals surface area contributed by atoms with Crippen LogP contribution in [0.4, 0.5) is 0 Å². The van der Waals surface area contributed by atoms with Crippen molar-refractivity contribution < 1.29 is 14.7 Å². The maximum Gasteiger partial charge on any atom is 0.303 e. The van der Waals surface area contributed by atoms with Crippen LogP contribution in [0.3, 0.4) is 0 Å². The Balaban J connectivity index is 2.16. The third-order valence-corrected chi connectivity index (χ3v) is 3.40. The molecule has 17 heavy (non-hydrogen) atoms. The van der Waals surface area contributed by atoms with Crippen LogP contribution >= 0.6 is 0 Å². The fourth-order valence-corrected chi connectivity index (χ4v) is 2.40. The van der Waals surface area contributed by atoms with Crippen LogP contribution in [-0.2, 0) is 9.59 Å². The van der Waals surface area contributed by atoms with Gasteiger partial charge < -0.3 is 10.4 Å². The number of aliphatic carboxylic acids is 1. The summed E-state index contributed by atoms with van der Waals surface area (Å²) in [6, 6.07) is -0.0396. The molecule has 0 saturated heterocycles. The average Bonchev–Trinajstić information content (AvgIpc) is 2.27. The first kappa shape index (κ1) is 14.0. The first-order valence-corrected chi connectivity index (χ1v) is 6.59. The molecule has 4 heteroatoms. The number of rotatable bonds is 6. The molecule has 1 aliphatic carbocycles. The van der Waals surface area contributed by atoms with E-state index < -0.39 is 5.97 Å². The summed E-state index contributed by atoms with van der Waals surface area (Å²) in [6.07, 6.45) is 7.34. The van der Waals surface area contributed by atoms with Gasteiger partial charge in [-0.1, -0.05) is 19.3 Å².